The van der Waals surface area contributed by atoms with Crippen LogP contribution in [0.25, 0.3) is 5.82 Å². The summed E-state index contributed by atoms with van der Waals surface area (Å²) in [5.74, 6) is 0.881. The second-order valence-electron chi connectivity index (χ2n) is 6.47. The summed E-state index contributed by atoms with van der Waals surface area (Å²) in [5, 5.41) is 3.04. The number of carbonyl (C=O) groups excluding carboxylic acids is 1. The van der Waals surface area contributed by atoms with Gasteiger partial charge in [-0.15, -0.1) is 0 Å². The SMILES string of the molecule is CC1(C)CC(C(=O)NCc2cccnc2-n2ccnc2)CCO1. The van der Waals surface area contributed by atoms with Crippen molar-refractivity contribution >= 4 is 5.91 Å². The third-order valence-electron chi connectivity index (χ3n) is 4.14. The quantitative estimate of drug-likeness (QED) is 0.938. The summed E-state index contributed by atoms with van der Waals surface area (Å²) in [5.41, 5.74) is 0.737. The number of nitrogens with zero attached hydrogens (tertiary/aromatic N) is 3. The number of hydrogen-bond donors (Lipinski definition) is 1. The molecule has 0 aromatic carbocycles. The summed E-state index contributed by atoms with van der Waals surface area (Å²) in [7, 11) is 0. The van der Waals surface area contributed by atoms with Gasteiger partial charge in [-0.2, -0.15) is 0 Å². The fourth-order valence-electron chi connectivity index (χ4n) is 2.97. The summed E-state index contributed by atoms with van der Waals surface area (Å²) < 4.78 is 7.52. The molecule has 2 aromatic heterocycles. The van der Waals surface area contributed by atoms with Crippen LogP contribution >= 0.6 is 0 Å². The normalized spacial score (nSPS) is 20.2. The van der Waals surface area contributed by atoms with E-state index in [1.165, 1.54) is 0 Å². The van der Waals surface area contributed by atoms with E-state index >= 15 is 0 Å². The maximum atomic E-state index is 12.5. The summed E-state index contributed by atoms with van der Waals surface area (Å²) in [6.07, 6.45) is 8.52. The second kappa shape index (κ2) is 6.50. The maximum absolute atomic E-state index is 12.5. The third-order valence-corrected chi connectivity index (χ3v) is 4.14. The topological polar surface area (TPSA) is 69.0 Å². The van der Waals surface area contributed by atoms with Crippen LogP contribution in [0.5, 0.6) is 0 Å². The molecule has 1 fully saturated rings. The molecule has 6 heteroatoms. The Bertz CT molecular complexity index is 667. The lowest BCUT2D eigenvalue weighted by Crippen LogP contribution is -2.41. The van der Waals surface area contributed by atoms with Crippen LogP contribution in [0.2, 0.25) is 0 Å². The molecular weight excluding hydrogens is 292 g/mol. The van der Waals surface area contributed by atoms with Crippen LogP contribution < -0.4 is 5.32 Å². The molecule has 1 N–H and O–H groups in total. The van der Waals surface area contributed by atoms with E-state index in [2.05, 4.69) is 15.3 Å². The van der Waals surface area contributed by atoms with Crippen LogP contribution in [-0.4, -0.2) is 32.7 Å². The first kappa shape index (κ1) is 15.7. The molecule has 0 spiro atoms. The van der Waals surface area contributed by atoms with Gasteiger partial charge in [0.2, 0.25) is 5.91 Å². The van der Waals surface area contributed by atoms with E-state index in [9.17, 15) is 4.79 Å². The van der Waals surface area contributed by atoms with E-state index in [1.807, 2.05) is 36.7 Å². The van der Waals surface area contributed by atoms with Gasteiger partial charge in [-0.3, -0.25) is 9.36 Å². The van der Waals surface area contributed by atoms with Crippen molar-refractivity contribution in [2.24, 2.45) is 5.92 Å². The average Bonchev–Trinajstić information content (AvgIpc) is 3.06. The van der Waals surface area contributed by atoms with Crippen LogP contribution in [0.3, 0.4) is 0 Å². The van der Waals surface area contributed by atoms with Gasteiger partial charge < -0.3 is 10.1 Å². The Morgan fingerprint density at radius 2 is 2.35 bits per heavy atom. The van der Waals surface area contributed by atoms with E-state index in [-0.39, 0.29) is 17.4 Å². The summed E-state index contributed by atoms with van der Waals surface area (Å²) >= 11 is 0. The first-order valence-corrected chi connectivity index (χ1v) is 7.89. The smallest absolute Gasteiger partial charge is 0.223 e. The second-order valence-corrected chi connectivity index (χ2v) is 6.47. The largest absolute Gasteiger partial charge is 0.376 e. The minimum atomic E-state index is -0.226. The molecule has 23 heavy (non-hydrogen) atoms. The van der Waals surface area contributed by atoms with Crippen molar-refractivity contribution in [3.63, 3.8) is 0 Å². The van der Waals surface area contributed by atoms with E-state index in [4.69, 9.17) is 4.74 Å². The van der Waals surface area contributed by atoms with E-state index in [0.29, 0.717) is 13.2 Å². The fraction of sp³-hybridized carbons (Fsp3) is 0.471. The van der Waals surface area contributed by atoms with Crippen molar-refractivity contribution in [3.8, 4) is 5.82 Å². The zero-order valence-electron chi connectivity index (χ0n) is 13.5. The van der Waals surface area contributed by atoms with Crippen molar-refractivity contribution in [1.82, 2.24) is 19.9 Å². The van der Waals surface area contributed by atoms with Crippen molar-refractivity contribution in [2.45, 2.75) is 38.8 Å². The zero-order valence-corrected chi connectivity index (χ0v) is 13.5. The van der Waals surface area contributed by atoms with Gasteiger partial charge in [0.1, 0.15) is 12.1 Å². The minimum Gasteiger partial charge on any atom is -0.376 e. The molecule has 6 nitrogen and oxygen atoms in total. The highest BCUT2D eigenvalue weighted by molar-refractivity contribution is 5.78. The molecule has 1 aliphatic heterocycles. The Labute approximate surface area is 135 Å². The third kappa shape index (κ3) is 3.76. The van der Waals surface area contributed by atoms with Gasteiger partial charge in [0.05, 0.1) is 5.60 Å². The Morgan fingerprint density at radius 3 is 3.09 bits per heavy atom. The van der Waals surface area contributed by atoms with Gasteiger partial charge in [0.25, 0.3) is 0 Å². The number of nitrogens with one attached hydrogen (secondary N) is 1. The van der Waals surface area contributed by atoms with E-state index < -0.39 is 0 Å². The molecule has 3 heterocycles. The molecule has 3 rings (SSSR count). The molecular formula is C17H22N4O2. The predicted molar refractivity (Wildman–Crippen MR) is 86.0 cm³/mol. The van der Waals surface area contributed by atoms with Crippen molar-refractivity contribution in [1.29, 1.82) is 0 Å². The lowest BCUT2D eigenvalue weighted by molar-refractivity contribution is -0.135. The number of imidazole rings is 1. The number of pyridine rings is 1. The summed E-state index contributed by atoms with van der Waals surface area (Å²) in [6, 6.07) is 3.84. The molecule has 1 amide bonds. The van der Waals surface area contributed by atoms with E-state index in [1.54, 1.807) is 18.7 Å². The Kier molecular flexibility index (Phi) is 4.43. The van der Waals surface area contributed by atoms with Crippen LogP contribution in [0.4, 0.5) is 0 Å². The molecule has 122 valence electrons. The lowest BCUT2D eigenvalue weighted by Gasteiger charge is -2.34. The highest BCUT2D eigenvalue weighted by Crippen LogP contribution is 2.28. The number of hydrogen-bond acceptors (Lipinski definition) is 4. The van der Waals surface area contributed by atoms with Gasteiger partial charge in [-0.1, -0.05) is 6.07 Å². The first-order valence-electron chi connectivity index (χ1n) is 7.89. The molecule has 0 saturated carbocycles. The zero-order chi connectivity index (χ0) is 16.3. The number of ether oxygens (including phenoxy) is 1. The van der Waals surface area contributed by atoms with Crippen LogP contribution in [-0.2, 0) is 16.1 Å². The molecule has 0 bridgehead atoms. The van der Waals surface area contributed by atoms with Crippen LogP contribution in [0, 0.1) is 5.92 Å². The van der Waals surface area contributed by atoms with Crippen molar-refractivity contribution in [2.75, 3.05) is 6.61 Å². The number of aromatic nitrogens is 3. The molecule has 1 aliphatic rings. The van der Waals surface area contributed by atoms with Gasteiger partial charge in [-0.25, -0.2) is 9.97 Å². The standard InChI is InChI=1S/C17H22N4O2/c1-17(2)10-13(5-9-23-17)16(22)20-11-14-4-3-6-19-15(14)21-8-7-18-12-21/h3-4,6-8,12-13H,5,9-11H2,1-2H3,(H,20,22). The predicted octanol–water partition coefficient (Wildman–Crippen LogP) is 2.09. The number of amides is 1. The van der Waals surface area contributed by atoms with Gasteiger partial charge in [0.15, 0.2) is 0 Å². The summed E-state index contributed by atoms with van der Waals surface area (Å²) in [6.45, 7) is 5.16. The van der Waals surface area contributed by atoms with Crippen molar-refractivity contribution < 1.29 is 9.53 Å². The Hall–Kier alpha value is -2.21. The molecule has 2 aromatic rings. The molecule has 1 atom stereocenters. The number of rotatable bonds is 4. The Balaban J connectivity index is 1.66. The fourth-order valence-corrected chi connectivity index (χ4v) is 2.97. The monoisotopic (exact) mass is 314 g/mol. The maximum Gasteiger partial charge on any atom is 0.223 e. The van der Waals surface area contributed by atoms with Gasteiger partial charge >= 0.3 is 0 Å². The lowest BCUT2D eigenvalue weighted by atomic mass is 9.88. The van der Waals surface area contributed by atoms with Crippen molar-refractivity contribution in [3.05, 3.63) is 42.6 Å². The molecule has 1 saturated heterocycles. The van der Waals surface area contributed by atoms with Crippen LogP contribution in [0.1, 0.15) is 32.3 Å². The molecule has 0 aliphatic carbocycles. The highest BCUT2D eigenvalue weighted by Gasteiger charge is 2.32. The Morgan fingerprint density at radius 1 is 1.48 bits per heavy atom. The highest BCUT2D eigenvalue weighted by atomic mass is 16.5. The molecule has 0 radical (unpaired) electrons. The van der Waals surface area contributed by atoms with Crippen LogP contribution in [0.15, 0.2) is 37.1 Å². The summed E-state index contributed by atoms with van der Waals surface area (Å²) in [4.78, 5) is 20.9. The first-order chi connectivity index (χ1) is 11.1. The van der Waals surface area contributed by atoms with Gasteiger partial charge in [-0.05, 0) is 32.8 Å². The minimum absolute atomic E-state index is 0.00659. The molecule has 1 unspecified atom stereocenters. The average molecular weight is 314 g/mol. The van der Waals surface area contributed by atoms with E-state index in [0.717, 1.165) is 24.2 Å². The number of carbonyl (C=O) groups is 1. The van der Waals surface area contributed by atoms with Gasteiger partial charge in [0, 0.05) is 43.2 Å².